The third-order valence-corrected chi connectivity index (χ3v) is 9.08. The van der Waals surface area contributed by atoms with Gasteiger partial charge < -0.3 is 15.0 Å². The van der Waals surface area contributed by atoms with Crippen molar-refractivity contribution in [1.29, 1.82) is 0 Å². The highest BCUT2D eigenvalue weighted by Crippen LogP contribution is 2.42. The SMILES string of the molecule is C=C/C(=C\C=C(/C)C1(NC(=O)/N=C2\SCCC(C)N2c2ccccc2C(C)C)CC1)c1ncn(-c2ccc(OC(F)(F)F)cc2)n1. The molecule has 1 aromatic heterocycles. The van der Waals surface area contributed by atoms with Crippen molar-refractivity contribution in [2.24, 2.45) is 4.99 Å². The zero-order chi connectivity index (χ0) is 33.1. The maximum atomic E-state index is 13.3. The first-order valence-corrected chi connectivity index (χ1v) is 16.1. The number of hydrogen-bond acceptors (Lipinski definition) is 5. The Morgan fingerprint density at radius 2 is 1.89 bits per heavy atom. The molecule has 1 aliphatic heterocycles. The summed E-state index contributed by atoms with van der Waals surface area (Å²) >= 11 is 1.60. The van der Waals surface area contributed by atoms with E-state index in [-0.39, 0.29) is 17.8 Å². The number of alkyl halides is 3. The molecule has 2 aromatic carbocycles. The molecule has 8 nitrogen and oxygen atoms in total. The number of urea groups is 1. The van der Waals surface area contributed by atoms with E-state index in [0.29, 0.717) is 28.2 Å². The van der Waals surface area contributed by atoms with Crippen molar-refractivity contribution in [3.05, 3.63) is 96.6 Å². The van der Waals surface area contributed by atoms with Crippen molar-refractivity contribution in [2.75, 3.05) is 10.7 Å². The number of allylic oxidation sites excluding steroid dienone is 4. The average molecular weight is 651 g/mol. The van der Waals surface area contributed by atoms with Gasteiger partial charge in [0.1, 0.15) is 12.1 Å². The van der Waals surface area contributed by atoms with E-state index in [1.807, 2.05) is 31.2 Å². The van der Waals surface area contributed by atoms with E-state index < -0.39 is 11.9 Å². The smallest absolute Gasteiger partial charge is 0.406 e. The third kappa shape index (κ3) is 7.72. The number of nitrogens with zero attached hydrogens (tertiary/aromatic N) is 5. The number of rotatable bonds is 9. The van der Waals surface area contributed by atoms with Crippen molar-refractivity contribution in [3.63, 3.8) is 0 Å². The van der Waals surface area contributed by atoms with Crippen LogP contribution in [0.2, 0.25) is 0 Å². The average Bonchev–Trinajstić information content (AvgIpc) is 3.62. The fourth-order valence-corrected chi connectivity index (χ4v) is 6.53. The molecule has 1 aliphatic carbocycles. The van der Waals surface area contributed by atoms with Crippen LogP contribution in [-0.2, 0) is 0 Å². The zero-order valence-corrected chi connectivity index (χ0v) is 27.0. The Balaban J connectivity index is 1.30. The van der Waals surface area contributed by atoms with E-state index in [4.69, 9.17) is 0 Å². The summed E-state index contributed by atoms with van der Waals surface area (Å²) in [4.78, 5) is 24.5. The van der Waals surface area contributed by atoms with Crippen LogP contribution in [0.1, 0.15) is 64.3 Å². The molecule has 3 aromatic rings. The topological polar surface area (TPSA) is 84.6 Å². The van der Waals surface area contributed by atoms with Crippen molar-refractivity contribution >= 4 is 34.2 Å². The lowest BCUT2D eigenvalue weighted by Gasteiger charge is -2.37. The first-order valence-electron chi connectivity index (χ1n) is 15.1. The number of ether oxygens (including phenoxy) is 1. The highest BCUT2D eigenvalue weighted by molar-refractivity contribution is 8.14. The highest BCUT2D eigenvalue weighted by Gasteiger charge is 2.45. The first-order chi connectivity index (χ1) is 21.9. The molecule has 0 bridgehead atoms. The predicted molar refractivity (Wildman–Crippen MR) is 177 cm³/mol. The number of thioether (sulfide) groups is 1. The summed E-state index contributed by atoms with van der Waals surface area (Å²) in [7, 11) is 0. The molecule has 1 saturated heterocycles. The van der Waals surface area contributed by atoms with E-state index in [1.54, 1.807) is 17.8 Å². The Kier molecular flexibility index (Phi) is 9.76. The fraction of sp³-hybridized carbons (Fsp3) is 0.353. The number of carbonyl (C=O) groups excluding carboxylic acids is 1. The minimum absolute atomic E-state index is 0.214. The molecule has 0 radical (unpaired) electrons. The maximum absolute atomic E-state index is 13.3. The number of hydrogen-bond donors (Lipinski definition) is 1. The first kappa shape index (κ1) is 33.1. The second kappa shape index (κ2) is 13.6. The van der Waals surface area contributed by atoms with Crippen LogP contribution in [0.25, 0.3) is 11.3 Å². The minimum atomic E-state index is -4.76. The van der Waals surface area contributed by atoms with Gasteiger partial charge in [-0.1, -0.05) is 68.6 Å². The Morgan fingerprint density at radius 1 is 1.17 bits per heavy atom. The number of para-hydroxylation sites is 1. The minimum Gasteiger partial charge on any atom is -0.406 e. The van der Waals surface area contributed by atoms with Gasteiger partial charge in [0, 0.05) is 23.1 Å². The standard InChI is InChI=1S/C34H37F3N6O2S/c1-6-25(30-38-21-42(41-30)26-13-15-27(16-14-26)45-34(35,36)37)12-11-23(4)33(18-19-33)40-31(44)39-32-43(24(5)17-20-46-32)29-10-8-7-9-28(29)22(2)3/h6-16,21-22,24H,1,17-20H2,2-5H3,(H,40,44)/b23-11+,25-12+,39-32-. The Hall–Kier alpha value is -4.32. The number of aromatic nitrogens is 3. The van der Waals surface area contributed by atoms with Gasteiger partial charge in [0.2, 0.25) is 0 Å². The van der Waals surface area contributed by atoms with E-state index in [1.165, 1.54) is 40.8 Å². The number of halogens is 3. The second-order valence-electron chi connectivity index (χ2n) is 11.7. The van der Waals surface area contributed by atoms with Gasteiger partial charge in [-0.25, -0.2) is 14.5 Å². The van der Waals surface area contributed by atoms with Crippen LogP contribution in [-0.4, -0.2) is 49.7 Å². The normalized spacial score (nSPS) is 19.3. The number of amides is 2. The van der Waals surface area contributed by atoms with E-state index in [0.717, 1.165) is 36.3 Å². The van der Waals surface area contributed by atoms with E-state index >= 15 is 0 Å². The quantitative estimate of drug-likeness (QED) is 0.234. The van der Waals surface area contributed by atoms with E-state index in [2.05, 4.69) is 69.5 Å². The molecule has 2 fully saturated rings. The lowest BCUT2D eigenvalue weighted by Crippen LogP contribution is -2.43. The van der Waals surface area contributed by atoms with Crippen LogP contribution in [0.15, 0.2) is 90.2 Å². The molecular formula is C34H37F3N6O2S. The van der Waals surface area contributed by atoms with Crippen molar-refractivity contribution in [3.8, 4) is 11.4 Å². The van der Waals surface area contributed by atoms with Crippen molar-refractivity contribution in [2.45, 2.75) is 70.8 Å². The lowest BCUT2D eigenvalue weighted by atomic mass is 9.99. The lowest BCUT2D eigenvalue weighted by molar-refractivity contribution is -0.274. The summed E-state index contributed by atoms with van der Waals surface area (Å²) in [5.41, 5.74) is 3.95. The number of anilines is 1. The van der Waals surface area contributed by atoms with Crippen LogP contribution in [0, 0.1) is 0 Å². The van der Waals surface area contributed by atoms with E-state index in [9.17, 15) is 18.0 Å². The number of nitrogens with one attached hydrogen (secondary N) is 1. The molecule has 5 rings (SSSR count). The summed E-state index contributed by atoms with van der Waals surface area (Å²) in [5.74, 6) is 1.30. The number of carbonyl (C=O) groups is 1. The van der Waals surface area contributed by atoms with Gasteiger partial charge in [-0.05, 0) is 80.5 Å². The summed E-state index contributed by atoms with van der Waals surface area (Å²) in [6, 6.07) is 13.5. The molecule has 46 heavy (non-hydrogen) atoms. The van der Waals surface area contributed by atoms with Gasteiger partial charge in [0.15, 0.2) is 11.0 Å². The van der Waals surface area contributed by atoms with Gasteiger partial charge in [-0.3, -0.25) is 0 Å². The molecule has 1 N–H and O–H groups in total. The molecule has 0 spiro atoms. The van der Waals surface area contributed by atoms with Crippen LogP contribution in [0.5, 0.6) is 5.75 Å². The summed E-state index contributed by atoms with van der Waals surface area (Å²) in [6.45, 7) is 12.4. The predicted octanol–water partition coefficient (Wildman–Crippen LogP) is 8.44. The molecular weight excluding hydrogens is 613 g/mol. The van der Waals surface area contributed by atoms with Gasteiger partial charge >= 0.3 is 12.4 Å². The Bertz CT molecular complexity index is 1670. The second-order valence-corrected chi connectivity index (χ2v) is 12.8. The van der Waals surface area contributed by atoms with Crippen molar-refractivity contribution < 1.29 is 22.7 Å². The number of benzene rings is 2. The molecule has 1 saturated carbocycles. The summed E-state index contributed by atoms with van der Waals surface area (Å²) in [5, 5.41) is 8.33. The number of aliphatic imine (C=N–C) groups is 1. The number of amidine groups is 1. The van der Waals surface area contributed by atoms with Gasteiger partial charge in [-0.2, -0.15) is 4.99 Å². The van der Waals surface area contributed by atoms with Gasteiger partial charge in [0.05, 0.1) is 11.2 Å². The largest absolute Gasteiger partial charge is 0.573 e. The fourth-order valence-electron chi connectivity index (χ4n) is 5.32. The van der Waals surface area contributed by atoms with Crippen LogP contribution < -0.4 is 15.0 Å². The molecule has 2 heterocycles. The third-order valence-electron chi connectivity index (χ3n) is 8.10. The van der Waals surface area contributed by atoms with Crippen LogP contribution in [0.3, 0.4) is 0 Å². The molecule has 2 amide bonds. The zero-order valence-electron chi connectivity index (χ0n) is 26.2. The molecule has 242 valence electrons. The van der Waals surface area contributed by atoms with Crippen LogP contribution in [0.4, 0.5) is 23.7 Å². The molecule has 2 aliphatic rings. The molecule has 1 unspecified atom stereocenters. The Morgan fingerprint density at radius 3 is 2.54 bits per heavy atom. The molecule has 1 atom stereocenters. The van der Waals surface area contributed by atoms with Gasteiger partial charge in [-0.15, -0.1) is 18.3 Å². The van der Waals surface area contributed by atoms with Crippen molar-refractivity contribution in [1.82, 2.24) is 20.1 Å². The maximum Gasteiger partial charge on any atom is 0.573 e. The highest BCUT2D eigenvalue weighted by atomic mass is 32.2. The summed E-state index contributed by atoms with van der Waals surface area (Å²) in [6.07, 6.45) is 4.68. The summed E-state index contributed by atoms with van der Waals surface area (Å²) < 4.78 is 42.8. The Labute approximate surface area is 271 Å². The molecule has 12 heteroatoms. The monoisotopic (exact) mass is 650 g/mol. The van der Waals surface area contributed by atoms with Crippen LogP contribution >= 0.6 is 11.8 Å². The van der Waals surface area contributed by atoms with Gasteiger partial charge in [0.25, 0.3) is 0 Å².